The average molecular weight is 402 g/mol. The fraction of sp³-hybridized carbons (Fsp3) is 0.727. The van der Waals surface area contributed by atoms with Gasteiger partial charge < -0.3 is 19.4 Å². The maximum Gasteiger partial charge on any atom is 0.222 e. The zero-order chi connectivity index (χ0) is 20.1. The van der Waals surface area contributed by atoms with Gasteiger partial charge in [-0.2, -0.15) is 0 Å². The van der Waals surface area contributed by atoms with E-state index in [-0.39, 0.29) is 5.91 Å². The molecule has 0 saturated carbocycles. The molecule has 0 bridgehead atoms. The standard InChI is InChI=1S/C22H35N5O2/c1-24-8-5-20(6-9-24)25-10-12-27(13-11-25)22(28)3-2-19-4-7-23-21(18-19)26-14-16-29-17-15-26/h4,7,18,20H,2-3,5-6,8-17H2,1H3. The number of anilines is 1. The molecular formula is C22H35N5O2. The Kier molecular flexibility index (Phi) is 7.00. The van der Waals surface area contributed by atoms with E-state index in [0.717, 1.165) is 64.7 Å². The second kappa shape index (κ2) is 9.87. The van der Waals surface area contributed by atoms with Crippen molar-refractivity contribution in [2.45, 2.75) is 31.7 Å². The smallest absolute Gasteiger partial charge is 0.222 e. The number of piperazine rings is 1. The Morgan fingerprint density at radius 3 is 2.52 bits per heavy atom. The molecular weight excluding hydrogens is 366 g/mol. The number of amides is 1. The lowest BCUT2D eigenvalue weighted by atomic mass is 10.0. The van der Waals surface area contributed by atoms with Crippen LogP contribution < -0.4 is 4.90 Å². The van der Waals surface area contributed by atoms with Gasteiger partial charge in [0.1, 0.15) is 5.82 Å². The van der Waals surface area contributed by atoms with Crippen LogP contribution in [0.1, 0.15) is 24.8 Å². The second-order valence-corrected chi connectivity index (χ2v) is 8.57. The van der Waals surface area contributed by atoms with Gasteiger partial charge in [0, 0.05) is 57.9 Å². The number of aryl methyl sites for hydroxylation is 1. The third kappa shape index (κ3) is 5.47. The first-order valence-electron chi connectivity index (χ1n) is 11.2. The Hall–Kier alpha value is -1.70. The molecule has 4 heterocycles. The van der Waals surface area contributed by atoms with Crippen molar-refractivity contribution in [2.24, 2.45) is 0 Å². The molecule has 0 spiro atoms. The zero-order valence-electron chi connectivity index (χ0n) is 17.8. The van der Waals surface area contributed by atoms with Gasteiger partial charge in [-0.15, -0.1) is 0 Å². The van der Waals surface area contributed by atoms with E-state index in [2.05, 4.69) is 37.7 Å². The highest BCUT2D eigenvalue weighted by molar-refractivity contribution is 5.76. The molecule has 1 aromatic heterocycles. The van der Waals surface area contributed by atoms with E-state index >= 15 is 0 Å². The normalized spacial score (nSPS) is 22.8. The van der Waals surface area contributed by atoms with Crippen LogP contribution in [0.15, 0.2) is 18.3 Å². The number of nitrogens with zero attached hydrogens (tertiary/aromatic N) is 5. The van der Waals surface area contributed by atoms with Crippen molar-refractivity contribution in [2.75, 3.05) is 77.5 Å². The molecule has 3 aliphatic rings. The molecule has 0 unspecified atom stereocenters. The SMILES string of the molecule is CN1CCC(N2CCN(C(=O)CCc3ccnc(N4CCOCC4)c3)CC2)CC1. The lowest BCUT2D eigenvalue weighted by Gasteiger charge is -2.42. The van der Waals surface area contributed by atoms with Gasteiger partial charge in [-0.3, -0.25) is 9.69 Å². The Morgan fingerprint density at radius 1 is 1.07 bits per heavy atom. The van der Waals surface area contributed by atoms with Crippen LogP contribution in [0.4, 0.5) is 5.82 Å². The molecule has 3 aliphatic heterocycles. The predicted octanol–water partition coefficient (Wildman–Crippen LogP) is 1.09. The van der Waals surface area contributed by atoms with Crippen LogP contribution in [0.3, 0.4) is 0 Å². The molecule has 160 valence electrons. The number of likely N-dealkylation sites (tertiary alicyclic amines) is 1. The molecule has 29 heavy (non-hydrogen) atoms. The highest BCUT2D eigenvalue weighted by Crippen LogP contribution is 2.19. The molecule has 3 saturated heterocycles. The number of carbonyl (C=O) groups excluding carboxylic acids is 1. The summed E-state index contributed by atoms with van der Waals surface area (Å²) in [7, 11) is 2.21. The molecule has 0 aliphatic carbocycles. The monoisotopic (exact) mass is 401 g/mol. The molecule has 1 amide bonds. The summed E-state index contributed by atoms with van der Waals surface area (Å²) >= 11 is 0. The van der Waals surface area contributed by atoms with Crippen molar-refractivity contribution in [1.29, 1.82) is 0 Å². The number of hydrogen-bond donors (Lipinski definition) is 0. The Balaban J connectivity index is 1.22. The van der Waals surface area contributed by atoms with Crippen molar-refractivity contribution in [1.82, 2.24) is 19.7 Å². The number of hydrogen-bond acceptors (Lipinski definition) is 6. The van der Waals surface area contributed by atoms with Crippen molar-refractivity contribution < 1.29 is 9.53 Å². The van der Waals surface area contributed by atoms with E-state index in [4.69, 9.17) is 4.74 Å². The summed E-state index contributed by atoms with van der Waals surface area (Å²) in [5.41, 5.74) is 1.19. The minimum Gasteiger partial charge on any atom is -0.378 e. The quantitative estimate of drug-likeness (QED) is 0.736. The van der Waals surface area contributed by atoms with E-state index in [1.165, 1.54) is 31.5 Å². The van der Waals surface area contributed by atoms with Gasteiger partial charge in [0.25, 0.3) is 0 Å². The van der Waals surface area contributed by atoms with Gasteiger partial charge in [0.05, 0.1) is 13.2 Å². The molecule has 3 fully saturated rings. The number of carbonyl (C=O) groups is 1. The fourth-order valence-corrected chi connectivity index (χ4v) is 4.69. The summed E-state index contributed by atoms with van der Waals surface area (Å²) in [5.74, 6) is 1.29. The lowest BCUT2D eigenvalue weighted by molar-refractivity contribution is -0.133. The highest BCUT2D eigenvalue weighted by atomic mass is 16.5. The van der Waals surface area contributed by atoms with Gasteiger partial charge in [-0.25, -0.2) is 4.98 Å². The van der Waals surface area contributed by atoms with Gasteiger partial charge in [-0.05, 0) is 57.1 Å². The third-order valence-electron chi connectivity index (χ3n) is 6.64. The fourth-order valence-electron chi connectivity index (χ4n) is 4.69. The largest absolute Gasteiger partial charge is 0.378 e. The van der Waals surface area contributed by atoms with E-state index < -0.39 is 0 Å². The molecule has 7 nitrogen and oxygen atoms in total. The number of pyridine rings is 1. The van der Waals surface area contributed by atoms with Gasteiger partial charge >= 0.3 is 0 Å². The summed E-state index contributed by atoms with van der Waals surface area (Å²) in [6.45, 7) is 9.48. The van der Waals surface area contributed by atoms with Gasteiger partial charge in [-0.1, -0.05) is 0 Å². The van der Waals surface area contributed by atoms with Crippen molar-refractivity contribution >= 4 is 11.7 Å². The minimum atomic E-state index is 0.290. The van der Waals surface area contributed by atoms with Crippen LogP contribution in [-0.2, 0) is 16.0 Å². The summed E-state index contributed by atoms with van der Waals surface area (Å²) in [5, 5.41) is 0. The second-order valence-electron chi connectivity index (χ2n) is 8.57. The van der Waals surface area contributed by atoms with Crippen molar-refractivity contribution in [3.63, 3.8) is 0 Å². The molecule has 7 heteroatoms. The molecule has 0 N–H and O–H groups in total. The molecule has 1 aromatic rings. The Morgan fingerprint density at radius 2 is 1.79 bits per heavy atom. The first-order valence-corrected chi connectivity index (χ1v) is 11.2. The molecule has 4 rings (SSSR count). The maximum absolute atomic E-state index is 12.7. The van der Waals surface area contributed by atoms with Gasteiger partial charge in [0.15, 0.2) is 0 Å². The number of piperidine rings is 1. The number of rotatable bonds is 5. The summed E-state index contributed by atoms with van der Waals surface area (Å²) in [6, 6.07) is 4.88. The number of ether oxygens (including phenoxy) is 1. The minimum absolute atomic E-state index is 0.290. The van der Waals surface area contributed by atoms with Crippen LogP contribution in [0.2, 0.25) is 0 Å². The zero-order valence-corrected chi connectivity index (χ0v) is 17.8. The molecule has 0 aromatic carbocycles. The summed E-state index contributed by atoms with van der Waals surface area (Å²) in [6.07, 6.45) is 5.76. The summed E-state index contributed by atoms with van der Waals surface area (Å²) < 4.78 is 5.42. The van der Waals surface area contributed by atoms with Crippen LogP contribution in [-0.4, -0.2) is 104 Å². The molecule has 0 radical (unpaired) electrons. The first kappa shape index (κ1) is 20.6. The van der Waals surface area contributed by atoms with Crippen molar-refractivity contribution in [3.8, 4) is 0 Å². The lowest BCUT2D eigenvalue weighted by Crippen LogP contribution is -2.54. The van der Waals surface area contributed by atoms with E-state index in [1.54, 1.807) is 0 Å². The van der Waals surface area contributed by atoms with Crippen LogP contribution in [0.5, 0.6) is 0 Å². The first-order chi connectivity index (χ1) is 14.2. The van der Waals surface area contributed by atoms with Crippen LogP contribution in [0, 0.1) is 0 Å². The topological polar surface area (TPSA) is 52.2 Å². The van der Waals surface area contributed by atoms with E-state index in [0.29, 0.717) is 12.5 Å². The Bertz CT molecular complexity index is 663. The highest BCUT2D eigenvalue weighted by Gasteiger charge is 2.27. The predicted molar refractivity (Wildman–Crippen MR) is 114 cm³/mol. The summed E-state index contributed by atoms with van der Waals surface area (Å²) in [4.78, 5) is 26.6. The van der Waals surface area contributed by atoms with Crippen LogP contribution in [0.25, 0.3) is 0 Å². The van der Waals surface area contributed by atoms with Crippen LogP contribution >= 0.6 is 0 Å². The third-order valence-corrected chi connectivity index (χ3v) is 6.64. The van der Waals surface area contributed by atoms with Crippen molar-refractivity contribution in [3.05, 3.63) is 23.9 Å². The van der Waals surface area contributed by atoms with E-state index in [9.17, 15) is 4.79 Å². The number of aromatic nitrogens is 1. The molecule has 0 atom stereocenters. The van der Waals surface area contributed by atoms with E-state index in [1.807, 2.05) is 12.3 Å². The van der Waals surface area contributed by atoms with Gasteiger partial charge in [0.2, 0.25) is 5.91 Å². The maximum atomic E-state index is 12.7. The Labute approximate surface area is 174 Å². The average Bonchev–Trinajstić information content (AvgIpc) is 2.79. The number of morpholine rings is 1.